The molecule has 0 aromatic heterocycles. The number of hydrogen-bond acceptors (Lipinski definition) is 5. The molecule has 37 heavy (non-hydrogen) atoms. The van der Waals surface area contributed by atoms with Gasteiger partial charge in [0.2, 0.25) is 0 Å². The molecule has 2 amide bonds. The average Bonchev–Trinajstić information content (AvgIpc) is 3.10. The van der Waals surface area contributed by atoms with E-state index < -0.39 is 0 Å². The van der Waals surface area contributed by atoms with Gasteiger partial charge in [0.1, 0.15) is 0 Å². The van der Waals surface area contributed by atoms with Crippen LogP contribution in [-0.2, 0) is 10.6 Å². The van der Waals surface area contributed by atoms with E-state index in [1.807, 2.05) is 54.6 Å². The molecule has 0 aliphatic carbocycles. The summed E-state index contributed by atoms with van der Waals surface area (Å²) in [5.41, 5.74) is 5.31. The molecule has 0 saturated carbocycles. The smallest absolute Gasteiger partial charge is 0.409 e. The third kappa shape index (κ3) is 5.68. The van der Waals surface area contributed by atoms with Gasteiger partial charge in [-0.1, -0.05) is 54.2 Å². The number of alkyl halides is 1. The van der Waals surface area contributed by atoms with E-state index in [0.717, 1.165) is 37.9 Å². The third-order valence-corrected chi connectivity index (χ3v) is 8.00. The summed E-state index contributed by atoms with van der Waals surface area (Å²) in [4.78, 5) is 34.0. The van der Waals surface area contributed by atoms with Gasteiger partial charge in [-0.3, -0.25) is 4.79 Å². The number of nitrogens with zero attached hydrogens (tertiary/aromatic N) is 2. The molecule has 3 aromatic rings. The molecule has 5 rings (SSSR count). The summed E-state index contributed by atoms with van der Waals surface area (Å²) < 4.78 is 5.08. The number of piperidine rings is 1. The van der Waals surface area contributed by atoms with Gasteiger partial charge in [0.05, 0.1) is 18.0 Å². The summed E-state index contributed by atoms with van der Waals surface area (Å²) in [6.07, 6.45) is 1.10. The second-order valence-electron chi connectivity index (χ2n) is 9.01. The van der Waals surface area contributed by atoms with Gasteiger partial charge in [0.25, 0.3) is 5.91 Å². The molecule has 2 heterocycles. The SMILES string of the molecule is CCOC(=O)N1CCC(NC(=O)c2ccc3c(c2)N=C(c2ccc(CCl)cc2)c2ccccc2S3)CC1. The highest BCUT2D eigenvalue weighted by Gasteiger charge is 2.25. The Balaban J connectivity index is 1.38. The van der Waals surface area contributed by atoms with Crippen molar-refractivity contribution < 1.29 is 14.3 Å². The topological polar surface area (TPSA) is 71.0 Å². The molecule has 1 fully saturated rings. The van der Waals surface area contributed by atoms with Gasteiger partial charge < -0.3 is 15.0 Å². The molecule has 8 heteroatoms. The standard InChI is InChI=1S/C29H28ClN3O3S/c1-2-36-29(35)33-15-13-22(14-16-33)31-28(34)21-11-12-26-24(17-21)32-27(20-9-7-19(18-30)8-10-20)23-5-3-4-6-25(23)37-26/h3-12,17,22H,2,13-16,18H2,1H3,(H,31,34). The van der Waals surface area contributed by atoms with Crippen LogP contribution in [-0.4, -0.2) is 48.4 Å². The fourth-order valence-corrected chi connectivity index (χ4v) is 5.73. The van der Waals surface area contributed by atoms with Crippen molar-refractivity contribution >= 4 is 46.8 Å². The first kappa shape index (κ1) is 25.4. The van der Waals surface area contributed by atoms with Crippen LogP contribution < -0.4 is 5.32 Å². The van der Waals surface area contributed by atoms with Crippen LogP contribution in [0.25, 0.3) is 0 Å². The lowest BCUT2D eigenvalue weighted by Crippen LogP contribution is -2.46. The molecular weight excluding hydrogens is 506 g/mol. The van der Waals surface area contributed by atoms with Crippen LogP contribution >= 0.6 is 23.4 Å². The zero-order chi connectivity index (χ0) is 25.8. The number of likely N-dealkylation sites (tertiary alicyclic amines) is 1. The van der Waals surface area contributed by atoms with Gasteiger partial charge in [0, 0.05) is 51.5 Å². The summed E-state index contributed by atoms with van der Waals surface area (Å²) in [5.74, 6) is 0.329. The number of aliphatic imine (C=N–C) groups is 1. The Labute approximate surface area is 226 Å². The maximum atomic E-state index is 13.2. The average molecular weight is 534 g/mol. The van der Waals surface area contributed by atoms with E-state index in [1.165, 1.54) is 0 Å². The van der Waals surface area contributed by atoms with Crippen molar-refractivity contribution in [3.63, 3.8) is 0 Å². The third-order valence-electron chi connectivity index (χ3n) is 6.55. The van der Waals surface area contributed by atoms with E-state index in [1.54, 1.807) is 23.6 Å². The van der Waals surface area contributed by atoms with Crippen molar-refractivity contribution in [3.05, 3.63) is 89.0 Å². The van der Waals surface area contributed by atoms with E-state index in [0.29, 0.717) is 44.0 Å². The number of carbonyl (C=O) groups is 2. The van der Waals surface area contributed by atoms with Gasteiger partial charge >= 0.3 is 6.09 Å². The van der Waals surface area contributed by atoms with Crippen molar-refractivity contribution in [1.29, 1.82) is 0 Å². The lowest BCUT2D eigenvalue weighted by atomic mass is 10.0. The zero-order valence-corrected chi connectivity index (χ0v) is 22.1. The second kappa shape index (κ2) is 11.4. The van der Waals surface area contributed by atoms with Crippen LogP contribution in [0.1, 0.15) is 46.8 Å². The molecule has 1 N–H and O–H groups in total. The van der Waals surface area contributed by atoms with Crippen molar-refractivity contribution in [2.75, 3.05) is 19.7 Å². The summed E-state index contributed by atoms with van der Waals surface area (Å²) in [6, 6.07) is 22.0. The largest absolute Gasteiger partial charge is 0.450 e. The molecular formula is C29H28ClN3O3S. The highest BCUT2D eigenvalue weighted by Crippen LogP contribution is 2.41. The first-order valence-corrected chi connectivity index (χ1v) is 13.8. The Bertz CT molecular complexity index is 1330. The number of rotatable bonds is 5. The quantitative estimate of drug-likeness (QED) is 0.301. The minimum Gasteiger partial charge on any atom is -0.450 e. The lowest BCUT2D eigenvalue weighted by molar-refractivity contribution is 0.0860. The van der Waals surface area contributed by atoms with Crippen LogP contribution in [0.2, 0.25) is 0 Å². The van der Waals surface area contributed by atoms with Gasteiger partial charge in [-0.2, -0.15) is 0 Å². The predicted octanol–water partition coefficient (Wildman–Crippen LogP) is 6.41. The summed E-state index contributed by atoms with van der Waals surface area (Å²) in [6.45, 7) is 3.30. The molecule has 1 saturated heterocycles. The summed E-state index contributed by atoms with van der Waals surface area (Å²) in [5, 5.41) is 3.14. The van der Waals surface area contributed by atoms with Gasteiger partial charge in [-0.25, -0.2) is 9.79 Å². The number of fused-ring (bicyclic) bond motifs is 2. The lowest BCUT2D eigenvalue weighted by Gasteiger charge is -2.31. The highest BCUT2D eigenvalue weighted by molar-refractivity contribution is 7.99. The maximum Gasteiger partial charge on any atom is 0.409 e. The molecule has 0 unspecified atom stereocenters. The van der Waals surface area contributed by atoms with E-state index in [9.17, 15) is 9.59 Å². The van der Waals surface area contributed by atoms with E-state index >= 15 is 0 Å². The van der Waals surface area contributed by atoms with Gasteiger partial charge in [0.15, 0.2) is 0 Å². The molecule has 2 aliphatic rings. The van der Waals surface area contributed by atoms with E-state index in [-0.39, 0.29) is 18.0 Å². The molecule has 2 aliphatic heterocycles. The Kier molecular flexibility index (Phi) is 7.82. The van der Waals surface area contributed by atoms with Crippen LogP contribution in [0.4, 0.5) is 10.5 Å². The number of ether oxygens (including phenoxy) is 1. The van der Waals surface area contributed by atoms with E-state index in [2.05, 4.69) is 17.4 Å². The molecule has 6 nitrogen and oxygen atoms in total. The minimum absolute atomic E-state index is 0.00938. The molecule has 3 aromatic carbocycles. The number of benzene rings is 3. The number of amides is 2. The van der Waals surface area contributed by atoms with Crippen LogP contribution in [0.15, 0.2) is 81.5 Å². The number of halogens is 1. The molecule has 190 valence electrons. The minimum atomic E-state index is -0.289. The predicted molar refractivity (Wildman–Crippen MR) is 147 cm³/mol. The van der Waals surface area contributed by atoms with Crippen LogP contribution in [0.5, 0.6) is 0 Å². The van der Waals surface area contributed by atoms with Crippen molar-refractivity contribution in [1.82, 2.24) is 10.2 Å². The highest BCUT2D eigenvalue weighted by atomic mass is 35.5. The van der Waals surface area contributed by atoms with Crippen molar-refractivity contribution in [2.24, 2.45) is 4.99 Å². The van der Waals surface area contributed by atoms with Crippen LogP contribution in [0, 0.1) is 0 Å². The molecule has 0 spiro atoms. The maximum absolute atomic E-state index is 13.2. The number of hydrogen-bond donors (Lipinski definition) is 1. The van der Waals surface area contributed by atoms with Crippen molar-refractivity contribution in [3.8, 4) is 0 Å². The fraction of sp³-hybridized carbons (Fsp3) is 0.276. The van der Waals surface area contributed by atoms with E-state index in [4.69, 9.17) is 21.3 Å². The summed E-state index contributed by atoms with van der Waals surface area (Å²) in [7, 11) is 0. The van der Waals surface area contributed by atoms with Gasteiger partial charge in [-0.05, 0) is 49.6 Å². The Morgan fingerprint density at radius 2 is 1.81 bits per heavy atom. The van der Waals surface area contributed by atoms with Crippen LogP contribution in [0.3, 0.4) is 0 Å². The zero-order valence-electron chi connectivity index (χ0n) is 20.6. The Morgan fingerprint density at radius 3 is 2.54 bits per heavy atom. The fourth-order valence-electron chi connectivity index (χ4n) is 4.54. The normalized spacial score (nSPS) is 15.2. The summed E-state index contributed by atoms with van der Waals surface area (Å²) >= 11 is 7.65. The number of nitrogens with one attached hydrogen (secondary N) is 1. The Morgan fingerprint density at radius 1 is 1.05 bits per heavy atom. The number of carbonyl (C=O) groups excluding carboxylic acids is 2. The molecule has 0 atom stereocenters. The van der Waals surface area contributed by atoms with Gasteiger partial charge in [-0.15, -0.1) is 11.6 Å². The monoisotopic (exact) mass is 533 g/mol. The molecule has 0 bridgehead atoms. The molecule has 0 radical (unpaired) electrons. The van der Waals surface area contributed by atoms with Crippen molar-refractivity contribution in [2.45, 2.75) is 41.5 Å². The first-order chi connectivity index (χ1) is 18.1. The Hall–Kier alpha value is -3.29. The second-order valence-corrected chi connectivity index (χ2v) is 10.4. The first-order valence-electron chi connectivity index (χ1n) is 12.4.